The Morgan fingerprint density at radius 3 is 2.80 bits per heavy atom. The number of sulfonamides is 1. The lowest BCUT2D eigenvalue weighted by atomic mass is 10.3. The highest BCUT2D eigenvalue weighted by Gasteiger charge is 2.28. The maximum absolute atomic E-state index is 12.5. The molecule has 1 aromatic heterocycles. The van der Waals surface area contributed by atoms with Gasteiger partial charge in [-0.2, -0.15) is 4.31 Å². The fraction of sp³-hybridized carbons (Fsp3) is 0.333. The first-order valence-corrected chi connectivity index (χ1v) is 9.83. The summed E-state index contributed by atoms with van der Waals surface area (Å²) < 4.78 is 33.8. The van der Waals surface area contributed by atoms with Gasteiger partial charge in [-0.05, 0) is 18.2 Å². The summed E-state index contributed by atoms with van der Waals surface area (Å²) in [5.41, 5.74) is 0.653. The van der Waals surface area contributed by atoms with Gasteiger partial charge in [-0.25, -0.2) is 13.4 Å². The Balaban J connectivity index is 1.66. The Kier molecular flexibility index (Phi) is 5.52. The van der Waals surface area contributed by atoms with Crippen LogP contribution in [0.4, 0.5) is 5.69 Å². The number of nitrogens with one attached hydrogen (secondary N) is 1. The lowest BCUT2D eigenvalue weighted by Gasteiger charge is -2.24. The van der Waals surface area contributed by atoms with Crippen molar-refractivity contribution in [3.63, 3.8) is 0 Å². The maximum atomic E-state index is 12.5. The van der Waals surface area contributed by atoms with E-state index in [4.69, 9.17) is 4.74 Å². The number of benzene rings is 1. The summed E-state index contributed by atoms with van der Waals surface area (Å²) in [4.78, 5) is 16.0. The van der Waals surface area contributed by atoms with Crippen LogP contribution in [0, 0.1) is 0 Å². The van der Waals surface area contributed by atoms with Crippen LogP contribution >= 0.6 is 15.9 Å². The fourth-order valence-electron chi connectivity index (χ4n) is 2.41. The molecule has 1 aliphatic rings. The number of aromatic nitrogens is 2. The Hall–Kier alpha value is -1.75. The second-order valence-corrected chi connectivity index (χ2v) is 8.26. The number of morpholine rings is 1. The molecule has 10 heteroatoms. The highest BCUT2D eigenvalue weighted by molar-refractivity contribution is 9.10. The average molecular weight is 429 g/mol. The van der Waals surface area contributed by atoms with Gasteiger partial charge in [-0.1, -0.05) is 22.0 Å². The van der Waals surface area contributed by atoms with E-state index < -0.39 is 10.0 Å². The van der Waals surface area contributed by atoms with Crippen LogP contribution in [-0.4, -0.2) is 54.5 Å². The van der Waals surface area contributed by atoms with Crippen LogP contribution < -0.4 is 5.32 Å². The molecule has 1 aliphatic heterocycles. The number of anilines is 1. The van der Waals surface area contributed by atoms with Crippen LogP contribution in [0.25, 0.3) is 0 Å². The molecule has 0 atom stereocenters. The molecule has 134 valence electrons. The summed E-state index contributed by atoms with van der Waals surface area (Å²) >= 11 is 3.34. The monoisotopic (exact) mass is 428 g/mol. The van der Waals surface area contributed by atoms with Crippen molar-refractivity contribution in [1.82, 2.24) is 13.9 Å². The smallest absolute Gasteiger partial charge is 0.262 e. The van der Waals surface area contributed by atoms with Crippen molar-refractivity contribution in [2.24, 2.45) is 0 Å². The van der Waals surface area contributed by atoms with Crippen molar-refractivity contribution in [3.05, 3.63) is 41.3 Å². The summed E-state index contributed by atoms with van der Waals surface area (Å²) in [6, 6.07) is 7.21. The number of carbonyl (C=O) groups is 1. The molecule has 25 heavy (non-hydrogen) atoms. The molecule has 0 unspecified atom stereocenters. The van der Waals surface area contributed by atoms with Crippen molar-refractivity contribution in [3.8, 4) is 0 Å². The predicted octanol–water partition coefficient (Wildman–Crippen LogP) is 1.31. The molecule has 0 aliphatic carbocycles. The van der Waals surface area contributed by atoms with Gasteiger partial charge < -0.3 is 14.6 Å². The molecule has 0 saturated carbocycles. The molecule has 0 radical (unpaired) electrons. The Labute approximate surface area is 154 Å². The molecular formula is C15H17BrN4O4S. The number of carbonyl (C=O) groups excluding carboxylic acids is 1. The van der Waals surface area contributed by atoms with E-state index in [0.717, 1.165) is 4.47 Å². The van der Waals surface area contributed by atoms with E-state index in [1.165, 1.54) is 21.4 Å². The van der Waals surface area contributed by atoms with Gasteiger partial charge in [0.05, 0.1) is 19.5 Å². The summed E-state index contributed by atoms with van der Waals surface area (Å²) in [6.45, 7) is 1.32. The average Bonchev–Trinajstić information content (AvgIpc) is 3.05. The van der Waals surface area contributed by atoms with Gasteiger partial charge >= 0.3 is 0 Å². The van der Waals surface area contributed by atoms with Crippen molar-refractivity contribution in [1.29, 1.82) is 0 Å². The first-order valence-electron chi connectivity index (χ1n) is 7.60. The van der Waals surface area contributed by atoms with E-state index in [-0.39, 0.29) is 17.5 Å². The number of imidazole rings is 1. The van der Waals surface area contributed by atoms with Gasteiger partial charge in [-0.15, -0.1) is 0 Å². The maximum Gasteiger partial charge on any atom is 0.262 e. The van der Waals surface area contributed by atoms with Crippen molar-refractivity contribution >= 4 is 37.5 Å². The lowest BCUT2D eigenvalue weighted by Crippen LogP contribution is -2.40. The topological polar surface area (TPSA) is 93.5 Å². The third-order valence-electron chi connectivity index (χ3n) is 3.62. The second-order valence-electron chi connectivity index (χ2n) is 5.46. The predicted molar refractivity (Wildman–Crippen MR) is 94.6 cm³/mol. The van der Waals surface area contributed by atoms with Gasteiger partial charge in [-0.3, -0.25) is 4.79 Å². The van der Waals surface area contributed by atoms with E-state index in [2.05, 4.69) is 26.2 Å². The van der Waals surface area contributed by atoms with Crippen LogP contribution in [-0.2, 0) is 26.1 Å². The van der Waals surface area contributed by atoms with Gasteiger partial charge in [0.1, 0.15) is 6.54 Å². The van der Waals surface area contributed by atoms with E-state index in [0.29, 0.717) is 32.0 Å². The molecule has 1 saturated heterocycles. The molecule has 1 aromatic carbocycles. The van der Waals surface area contributed by atoms with Gasteiger partial charge in [0.25, 0.3) is 10.0 Å². The summed E-state index contributed by atoms with van der Waals surface area (Å²) in [6.07, 6.45) is 2.71. The van der Waals surface area contributed by atoms with Crippen LogP contribution in [0.1, 0.15) is 0 Å². The number of hydrogen-bond acceptors (Lipinski definition) is 5. The Morgan fingerprint density at radius 2 is 2.08 bits per heavy atom. The Bertz CT molecular complexity index is 862. The zero-order chi connectivity index (χ0) is 17.9. The van der Waals surface area contributed by atoms with E-state index in [1.807, 2.05) is 12.1 Å². The number of hydrogen-bond donors (Lipinski definition) is 1. The number of rotatable bonds is 5. The van der Waals surface area contributed by atoms with Crippen molar-refractivity contribution in [2.75, 3.05) is 31.6 Å². The second kappa shape index (κ2) is 7.65. The normalized spacial score (nSPS) is 15.9. The van der Waals surface area contributed by atoms with Gasteiger partial charge in [0.2, 0.25) is 5.91 Å². The zero-order valence-electron chi connectivity index (χ0n) is 13.3. The molecule has 1 fully saturated rings. The number of ether oxygens (including phenoxy) is 1. The summed E-state index contributed by atoms with van der Waals surface area (Å²) in [7, 11) is -3.66. The van der Waals surface area contributed by atoms with Crippen LogP contribution in [0.2, 0.25) is 0 Å². The Morgan fingerprint density at radius 1 is 1.32 bits per heavy atom. The molecule has 1 N–H and O–H groups in total. The number of halogens is 1. The first-order chi connectivity index (χ1) is 11.9. The standard InChI is InChI=1S/C15H17BrN4O4S/c16-12-2-1-3-13(8-12)18-14(21)9-19-10-15(17-11-19)25(22,23)20-4-6-24-7-5-20/h1-3,8,10-11H,4-7,9H2,(H,18,21). The molecule has 1 amide bonds. The molecule has 8 nitrogen and oxygen atoms in total. The van der Waals surface area contributed by atoms with E-state index in [9.17, 15) is 13.2 Å². The third-order valence-corrected chi connectivity index (χ3v) is 5.90. The number of amides is 1. The zero-order valence-corrected chi connectivity index (χ0v) is 15.7. The lowest BCUT2D eigenvalue weighted by molar-refractivity contribution is -0.116. The van der Waals surface area contributed by atoms with Crippen LogP contribution in [0.5, 0.6) is 0 Å². The largest absolute Gasteiger partial charge is 0.379 e. The molecule has 2 aromatic rings. The molecule has 2 heterocycles. The summed E-state index contributed by atoms with van der Waals surface area (Å²) in [5, 5.41) is 2.68. The van der Waals surface area contributed by atoms with Crippen LogP contribution in [0.3, 0.4) is 0 Å². The van der Waals surface area contributed by atoms with E-state index in [1.54, 1.807) is 12.1 Å². The third kappa shape index (κ3) is 4.46. The van der Waals surface area contributed by atoms with Crippen molar-refractivity contribution in [2.45, 2.75) is 11.6 Å². The minimum atomic E-state index is -3.66. The highest BCUT2D eigenvalue weighted by atomic mass is 79.9. The minimum Gasteiger partial charge on any atom is -0.379 e. The quantitative estimate of drug-likeness (QED) is 0.774. The number of nitrogens with zero attached hydrogens (tertiary/aromatic N) is 3. The highest BCUT2D eigenvalue weighted by Crippen LogP contribution is 2.17. The molecule has 3 rings (SSSR count). The van der Waals surface area contributed by atoms with Crippen molar-refractivity contribution < 1.29 is 17.9 Å². The summed E-state index contributed by atoms with van der Waals surface area (Å²) in [5.74, 6) is -0.272. The SMILES string of the molecule is O=C(Cn1cnc(S(=O)(=O)N2CCOCC2)c1)Nc1cccc(Br)c1. The van der Waals surface area contributed by atoms with E-state index >= 15 is 0 Å². The fourth-order valence-corrected chi connectivity index (χ4v) is 4.15. The molecule has 0 spiro atoms. The van der Waals surface area contributed by atoms with Gasteiger partial charge in [0, 0.05) is 29.4 Å². The minimum absolute atomic E-state index is 0.0296. The van der Waals surface area contributed by atoms with Crippen LogP contribution in [0.15, 0.2) is 46.3 Å². The first kappa shape index (κ1) is 18.1. The van der Waals surface area contributed by atoms with Gasteiger partial charge in [0.15, 0.2) is 5.03 Å². The molecular weight excluding hydrogens is 412 g/mol. The molecule has 0 bridgehead atoms.